The van der Waals surface area contributed by atoms with Crippen LogP contribution in [0.3, 0.4) is 0 Å². The highest BCUT2D eigenvalue weighted by molar-refractivity contribution is 5.13. The number of likely N-dealkylation sites (tertiary alicyclic amines) is 1. The standard InChI is InChI=1S/C9H15N/c1-3-6-9(2)10-7-4-5-8-10/h3,6H,2,4-5,7-8H2,1H3/b6-3-. The van der Waals surface area contributed by atoms with Crippen LogP contribution < -0.4 is 0 Å². The molecule has 1 heterocycles. The predicted octanol–water partition coefficient (Wildman–Crippen LogP) is 2.17. The van der Waals surface area contributed by atoms with E-state index in [9.17, 15) is 0 Å². The Morgan fingerprint density at radius 1 is 1.40 bits per heavy atom. The number of allylic oxidation sites excluding steroid dienone is 2. The summed E-state index contributed by atoms with van der Waals surface area (Å²) in [5.74, 6) is 0. The van der Waals surface area contributed by atoms with E-state index in [1.165, 1.54) is 31.6 Å². The Kier molecular flexibility index (Phi) is 2.55. The quantitative estimate of drug-likeness (QED) is 0.527. The van der Waals surface area contributed by atoms with Crippen molar-refractivity contribution in [2.75, 3.05) is 13.1 Å². The van der Waals surface area contributed by atoms with Crippen molar-refractivity contribution in [2.45, 2.75) is 19.8 Å². The summed E-state index contributed by atoms with van der Waals surface area (Å²) < 4.78 is 0. The first-order valence-electron chi connectivity index (χ1n) is 3.91. The third-order valence-corrected chi connectivity index (χ3v) is 1.87. The van der Waals surface area contributed by atoms with Crippen LogP contribution >= 0.6 is 0 Å². The Balaban J connectivity index is 2.40. The molecule has 10 heavy (non-hydrogen) atoms. The summed E-state index contributed by atoms with van der Waals surface area (Å²) in [5, 5.41) is 0. The van der Waals surface area contributed by atoms with Crippen molar-refractivity contribution in [3.8, 4) is 0 Å². The molecule has 0 spiro atoms. The van der Waals surface area contributed by atoms with Gasteiger partial charge in [-0.15, -0.1) is 0 Å². The Hall–Kier alpha value is -0.720. The molecular weight excluding hydrogens is 122 g/mol. The van der Waals surface area contributed by atoms with Crippen LogP contribution in [0.1, 0.15) is 19.8 Å². The van der Waals surface area contributed by atoms with Gasteiger partial charge in [0, 0.05) is 18.8 Å². The lowest BCUT2D eigenvalue weighted by molar-refractivity contribution is 0.442. The van der Waals surface area contributed by atoms with Gasteiger partial charge in [0.25, 0.3) is 0 Å². The lowest BCUT2D eigenvalue weighted by Crippen LogP contribution is -2.15. The van der Waals surface area contributed by atoms with Gasteiger partial charge in [-0.25, -0.2) is 0 Å². The molecule has 1 nitrogen and oxygen atoms in total. The molecule has 1 heteroatoms. The second-order valence-electron chi connectivity index (χ2n) is 2.69. The third kappa shape index (κ3) is 1.63. The highest BCUT2D eigenvalue weighted by Gasteiger charge is 2.10. The highest BCUT2D eigenvalue weighted by atomic mass is 15.1. The average Bonchev–Trinajstić information content (AvgIpc) is 2.38. The molecule has 1 aliphatic heterocycles. The lowest BCUT2D eigenvalue weighted by atomic mass is 10.4. The molecule has 0 aliphatic carbocycles. The summed E-state index contributed by atoms with van der Waals surface area (Å²) in [5.41, 5.74) is 1.17. The first-order chi connectivity index (χ1) is 4.84. The van der Waals surface area contributed by atoms with Gasteiger partial charge < -0.3 is 4.90 Å². The van der Waals surface area contributed by atoms with Gasteiger partial charge in [0.05, 0.1) is 0 Å². The fourth-order valence-corrected chi connectivity index (χ4v) is 1.30. The third-order valence-electron chi connectivity index (χ3n) is 1.87. The van der Waals surface area contributed by atoms with Gasteiger partial charge in [0.1, 0.15) is 0 Å². The molecule has 0 saturated carbocycles. The van der Waals surface area contributed by atoms with Gasteiger partial charge in [-0.2, -0.15) is 0 Å². The Bertz CT molecular complexity index is 141. The van der Waals surface area contributed by atoms with Crippen LogP contribution in [0.15, 0.2) is 24.4 Å². The Morgan fingerprint density at radius 3 is 2.50 bits per heavy atom. The Morgan fingerprint density at radius 2 is 2.00 bits per heavy atom. The predicted molar refractivity (Wildman–Crippen MR) is 44.8 cm³/mol. The summed E-state index contributed by atoms with van der Waals surface area (Å²) in [7, 11) is 0. The van der Waals surface area contributed by atoms with Crippen molar-refractivity contribution in [3.05, 3.63) is 24.4 Å². The van der Waals surface area contributed by atoms with E-state index in [0.717, 1.165) is 0 Å². The molecule has 1 saturated heterocycles. The number of nitrogens with zero attached hydrogens (tertiary/aromatic N) is 1. The normalized spacial score (nSPS) is 18.7. The summed E-state index contributed by atoms with van der Waals surface area (Å²) in [4.78, 5) is 2.33. The van der Waals surface area contributed by atoms with Crippen LogP contribution in [-0.2, 0) is 0 Å². The minimum Gasteiger partial charge on any atom is -0.372 e. The summed E-state index contributed by atoms with van der Waals surface area (Å²) >= 11 is 0. The molecule has 0 aromatic heterocycles. The fraction of sp³-hybridized carbons (Fsp3) is 0.556. The van der Waals surface area contributed by atoms with Crippen molar-refractivity contribution in [1.82, 2.24) is 4.90 Å². The molecule has 0 aromatic rings. The molecule has 0 bridgehead atoms. The van der Waals surface area contributed by atoms with E-state index < -0.39 is 0 Å². The fourth-order valence-electron chi connectivity index (χ4n) is 1.30. The first-order valence-corrected chi connectivity index (χ1v) is 3.91. The summed E-state index contributed by atoms with van der Waals surface area (Å²) in [6, 6.07) is 0. The van der Waals surface area contributed by atoms with Crippen LogP contribution in [0, 0.1) is 0 Å². The maximum atomic E-state index is 3.97. The molecular formula is C9H15N. The van der Waals surface area contributed by atoms with Crippen LogP contribution in [-0.4, -0.2) is 18.0 Å². The van der Waals surface area contributed by atoms with Crippen molar-refractivity contribution in [3.63, 3.8) is 0 Å². The van der Waals surface area contributed by atoms with E-state index in [2.05, 4.69) is 17.6 Å². The minimum absolute atomic E-state index is 1.17. The van der Waals surface area contributed by atoms with Gasteiger partial charge in [0.2, 0.25) is 0 Å². The van der Waals surface area contributed by atoms with Crippen LogP contribution in [0.2, 0.25) is 0 Å². The van der Waals surface area contributed by atoms with Gasteiger partial charge >= 0.3 is 0 Å². The van der Waals surface area contributed by atoms with Crippen molar-refractivity contribution >= 4 is 0 Å². The largest absolute Gasteiger partial charge is 0.372 e. The van der Waals surface area contributed by atoms with Crippen molar-refractivity contribution < 1.29 is 0 Å². The van der Waals surface area contributed by atoms with Crippen LogP contribution in [0.5, 0.6) is 0 Å². The van der Waals surface area contributed by atoms with Crippen LogP contribution in [0.25, 0.3) is 0 Å². The number of hydrogen-bond donors (Lipinski definition) is 0. The summed E-state index contributed by atoms with van der Waals surface area (Å²) in [6.07, 6.45) is 6.78. The molecule has 0 aromatic carbocycles. The molecule has 56 valence electrons. The van der Waals surface area contributed by atoms with Gasteiger partial charge in [0.15, 0.2) is 0 Å². The minimum atomic E-state index is 1.17. The molecule has 1 aliphatic rings. The topological polar surface area (TPSA) is 3.24 Å². The SMILES string of the molecule is C=C(/C=C\C)N1CCCC1. The van der Waals surface area contributed by atoms with Gasteiger partial charge in [-0.1, -0.05) is 12.7 Å². The van der Waals surface area contributed by atoms with E-state index in [4.69, 9.17) is 0 Å². The summed E-state index contributed by atoms with van der Waals surface area (Å²) in [6.45, 7) is 8.39. The van der Waals surface area contributed by atoms with Gasteiger partial charge in [-0.05, 0) is 25.8 Å². The van der Waals surface area contributed by atoms with E-state index >= 15 is 0 Å². The maximum Gasteiger partial charge on any atom is 0.0289 e. The van der Waals surface area contributed by atoms with Crippen LogP contribution in [0.4, 0.5) is 0 Å². The maximum absolute atomic E-state index is 3.97. The second kappa shape index (κ2) is 3.45. The average molecular weight is 137 g/mol. The van der Waals surface area contributed by atoms with Crippen molar-refractivity contribution in [1.29, 1.82) is 0 Å². The zero-order valence-corrected chi connectivity index (χ0v) is 6.64. The molecule has 1 rings (SSSR count). The molecule has 0 atom stereocenters. The lowest BCUT2D eigenvalue weighted by Gasteiger charge is -2.16. The Labute approximate surface area is 63.0 Å². The number of rotatable bonds is 2. The molecule has 0 amide bonds. The monoisotopic (exact) mass is 137 g/mol. The van der Waals surface area contributed by atoms with E-state index in [-0.39, 0.29) is 0 Å². The molecule has 0 N–H and O–H groups in total. The number of hydrogen-bond acceptors (Lipinski definition) is 1. The second-order valence-corrected chi connectivity index (χ2v) is 2.69. The highest BCUT2D eigenvalue weighted by Crippen LogP contribution is 2.13. The molecule has 1 fully saturated rings. The molecule has 0 radical (unpaired) electrons. The first kappa shape index (κ1) is 7.39. The van der Waals surface area contributed by atoms with E-state index in [1.54, 1.807) is 0 Å². The molecule has 0 unspecified atom stereocenters. The van der Waals surface area contributed by atoms with Gasteiger partial charge in [-0.3, -0.25) is 0 Å². The van der Waals surface area contributed by atoms with E-state index in [0.29, 0.717) is 0 Å². The zero-order valence-electron chi connectivity index (χ0n) is 6.64. The smallest absolute Gasteiger partial charge is 0.0289 e. The van der Waals surface area contributed by atoms with Crippen molar-refractivity contribution in [2.24, 2.45) is 0 Å². The van der Waals surface area contributed by atoms with E-state index in [1.807, 2.05) is 13.0 Å². The zero-order chi connectivity index (χ0) is 7.40.